The summed E-state index contributed by atoms with van der Waals surface area (Å²) >= 11 is 5.90. The van der Waals surface area contributed by atoms with Crippen molar-refractivity contribution in [2.24, 2.45) is 0 Å². The molecule has 0 aliphatic carbocycles. The maximum atomic E-state index is 13.2. The van der Waals surface area contributed by atoms with Gasteiger partial charge in [-0.25, -0.2) is 8.78 Å². The molecular weight excluding hydrogens is 326 g/mol. The number of nitrogens with zero attached hydrogens (tertiary/aromatic N) is 5. The highest BCUT2D eigenvalue weighted by molar-refractivity contribution is 6.28. The first-order valence-corrected chi connectivity index (χ1v) is 7.22. The highest BCUT2D eigenvalue weighted by Gasteiger charge is 2.11. The van der Waals surface area contributed by atoms with Crippen LogP contribution < -0.4 is 10.2 Å². The summed E-state index contributed by atoms with van der Waals surface area (Å²) in [6, 6.07) is 3.05. The molecule has 1 heterocycles. The molecule has 1 aromatic carbocycles. The number of halogens is 3. The molecule has 9 heteroatoms. The van der Waals surface area contributed by atoms with Gasteiger partial charge in [0.25, 0.3) is 0 Å². The first-order chi connectivity index (χ1) is 10.8. The SMILES string of the molecule is CN(C)CCN(C)c1nc(Cl)nc(Nc2cc(F)cc(F)c2)n1. The van der Waals surface area contributed by atoms with Gasteiger partial charge in [0.1, 0.15) is 11.6 Å². The van der Waals surface area contributed by atoms with E-state index >= 15 is 0 Å². The molecule has 0 spiro atoms. The van der Waals surface area contributed by atoms with Gasteiger partial charge in [-0.05, 0) is 37.8 Å². The Morgan fingerprint density at radius 3 is 2.26 bits per heavy atom. The van der Waals surface area contributed by atoms with E-state index in [1.807, 2.05) is 30.9 Å². The molecule has 1 aromatic heterocycles. The third-order valence-corrected chi connectivity index (χ3v) is 3.11. The maximum Gasteiger partial charge on any atom is 0.233 e. The van der Waals surface area contributed by atoms with Crippen LogP contribution in [0.3, 0.4) is 0 Å². The highest BCUT2D eigenvalue weighted by Crippen LogP contribution is 2.19. The largest absolute Gasteiger partial charge is 0.342 e. The summed E-state index contributed by atoms with van der Waals surface area (Å²) in [6.45, 7) is 1.49. The Hall–Kier alpha value is -2.06. The fourth-order valence-corrected chi connectivity index (χ4v) is 1.93. The molecular formula is C14H17ClF2N6. The number of likely N-dealkylation sites (N-methyl/N-ethyl adjacent to an activating group) is 2. The van der Waals surface area contributed by atoms with E-state index in [9.17, 15) is 8.78 Å². The van der Waals surface area contributed by atoms with Crippen molar-refractivity contribution in [2.45, 2.75) is 0 Å². The van der Waals surface area contributed by atoms with E-state index in [4.69, 9.17) is 11.6 Å². The van der Waals surface area contributed by atoms with Crippen molar-refractivity contribution >= 4 is 29.2 Å². The minimum Gasteiger partial charge on any atom is -0.342 e. The fraction of sp³-hybridized carbons (Fsp3) is 0.357. The predicted octanol–water partition coefficient (Wildman–Crippen LogP) is 2.54. The molecule has 0 saturated carbocycles. The summed E-state index contributed by atoms with van der Waals surface area (Å²) in [5.74, 6) is -0.917. The van der Waals surface area contributed by atoms with Crippen molar-refractivity contribution in [2.75, 3.05) is 44.4 Å². The van der Waals surface area contributed by atoms with Gasteiger partial charge in [0.15, 0.2) is 0 Å². The lowest BCUT2D eigenvalue weighted by Gasteiger charge is -2.19. The minimum absolute atomic E-state index is 0.00826. The van der Waals surface area contributed by atoms with Crippen molar-refractivity contribution in [1.29, 1.82) is 0 Å². The third kappa shape index (κ3) is 5.26. The Balaban J connectivity index is 2.19. The quantitative estimate of drug-likeness (QED) is 0.870. The number of hydrogen-bond donors (Lipinski definition) is 1. The number of rotatable bonds is 6. The summed E-state index contributed by atoms with van der Waals surface area (Å²) in [7, 11) is 5.74. The summed E-state index contributed by atoms with van der Waals surface area (Å²) < 4.78 is 26.4. The van der Waals surface area contributed by atoms with Crippen LogP contribution in [0.2, 0.25) is 5.28 Å². The standard InChI is InChI=1S/C14H17ClF2N6/c1-22(2)4-5-23(3)14-20-12(15)19-13(21-14)18-11-7-9(16)6-10(17)8-11/h6-8H,4-5H2,1-3H3,(H,18,19,20,21). The summed E-state index contributed by atoms with van der Waals surface area (Å²) in [6.07, 6.45) is 0. The fourth-order valence-electron chi connectivity index (χ4n) is 1.77. The van der Waals surface area contributed by atoms with E-state index in [0.29, 0.717) is 12.5 Å². The Morgan fingerprint density at radius 2 is 1.65 bits per heavy atom. The van der Waals surface area contributed by atoms with E-state index in [-0.39, 0.29) is 16.9 Å². The number of aromatic nitrogens is 3. The van der Waals surface area contributed by atoms with Crippen molar-refractivity contribution in [3.05, 3.63) is 35.1 Å². The monoisotopic (exact) mass is 342 g/mol. The van der Waals surface area contributed by atoms with E-state index < -0.39 is 11.6 Å². The van der Waals surface area contributed by atoms with Crippen molar-refractivity contribution in [3.8, 4) is 0 Å². The molecule has 0 bridgehead atoms. The first-order valence-electron chi connectivity index (χ1n) is 6.84. The Kier molecular flexibility index (Phi) is 5.62. The second kappa shape index (κ2) is 7.47. The molecule has 0 saturated heterocycles. The van der Waals surface area contributed by atoms with Crippen LogP contribution in [0, 0.1) is 11.6 Å². The topological polar surface area (TPSA) is 57.2 Å². The number of benzene rings is 1. The van der Waals surface area contributed by atoms with Crippen LogP contribution in [0.5, 0.6) is 0 Å². The van der Waals surface area contributed by atoms with E-state index in [0.717, 1.165) is 24.7 Å². The average molecular weight is 343 g/mol. The third-order valence-electron chi connectivity index (χ3n) is 2.94. The zero-order valence-corrected chi connectivity index (χ0v) is 13.8. The van der Waals surface area contributed by atoms with Crippen LogP contribution in [0.1, 0.15) is 0 Å². The van der Waals surface area contributed by atoms with Gasteiger partial charge in [-0.3, -0.25) is 0 Å². The van der Waals surface area contributed by atoms with Crippen molar-refractivity contribution < 1.29 is 8.78 Å². The minimum atomic E-state index is -0.698. The molecule has 2 rings (SSSR count). The molecule has 0 atom stereocenters. The lowest BCUT2D eigenvalue weighted by Crippen LogP contribution is -2.29. The second-order valence-electron chi connectivity index (χ2n) is 5.24. The molecule has 0 radical (unpaired) electrons. The molecule has 0 fully saturated rings. The second-order valence-corrected chi connectivity index (χ2v) is 5.57. The van der Waals surface area contributed by atoms with E-state index in [2.05, 4.69) is 20.3 Å². The van der Waals surface area contributed by atoms with Gasteiger partial charge >= 0.3 is 0 Å². The van der Waals surface area contributed by atoms with Gasteiger partial charge in [0.05, 0.1) is 0 Å². The van der Waals surface area contributed by atoms with Crippen LogP contribution in [-0.4, -0.2) is 54.1 Å². The van der Waals surface area contributed by atoms with Gasteiger partial charge < -0.3 is 15.1 Å². The molecule has 0 amide bonds. The van der Waals surface area contributed by atoms with Gasteiger partial charge in [-0.1, -0.05) is 0 Å². The zero-order valence-electron chi connectivity index (χ0n) is 13.0. The Bertz CT molecular complexity index is 662. The van der Waals surface area contributed by atoms with Gasteiger partial charge in [-0.2, -0.15) is 15.0 Å². The molecule has 124 valence electrons. The molecule has 1 N–H and O–H groups in total. The molecule has 6 nitrogen and oxygen atoms in total. The summed E-state index contributed by atoms with van der Waals surface area (Å²) in [5.41, 5.74) is 0.187. The van der Waals surface area contributed by atoms with Gasteiger partial charge in [0.2, 0.25) is 17.2 Å². The maximum absolute atomic E-state index is 13.2. The zero-order chi connectivity index (χ0) is 17.0. The van der Waals surface area contributed by atoms with E-state index in [1.165, 1.54) is 0 Å². The van der Waals surface area contributed by atoms with Crippen molar-refractivity contribution in [3.63, 3.8) is 0 Å². The summed E-state index contributed by atoms with van der Waals surface area (Å²) in [5, 5.41) is 2.71. The Labute approximate surface area is 138 Å². The lowest BCUT2D eigenvalue weighted by atomic mass is 10.3. The smallest absolute Gasteiger partial charge is 0.233 e. The van der Waals surface area contributed by atoms with Crippen LogP contribution in [-0.2, 0) is 0 Å². The van der Waals surface area contributed by atoms with Gasteiger partial charge in [-0.15, -0.1) is 0 Å². The summed E-state index contributed by atoms with van der Waals surface area (Å²) in [4.78, 5) is 16.0. The molecule has 0 aliphatic rings. The van der Waals surface area contributed by atoms with Crippen LogP contribution in [0.15, 0.2) is 18.2 Å². The molecule has 0 unspecified atom stereocenters. The normalized spacial score (nSPS) is 10.9. The first kappa shape index (κ1) is 17.3. The van der Waals surface area contributed by atoms with Crippen LogP contribution in [0.25, 0.3) is 0 Å². The van der Waals surface area contributed by atoms with Crippen molar-refractivity contribution in [1.82, 2.24) is 19.9 Å². The van der Waals surface area contributed by atoms with Crippen LogP contribution >= 0.6 is 11.6 Å². The number of nitrogens with one attached hydrogen (secondary N) is 1. The lowest BCUT2D eigenvalue weighted by molar-refractivity contribution is 0.415. The number of hydrogen-bond acceptors (Lipinski definition) is 6. The number of anilines is 3. The molecule has 2 aromatic rings. The molecule has 0 aliphatic heterocycles. The Morgan fingerprint density at radius 1 is 1.00 bits per heavy atom. The van der Waals surface area contributed by atoms with E-state index in [1.54, 1.807) is 0 Å². The average Bonchev–Trinajstić information content (AvgIpc) is 2.42. The van der Waals surface area contributed by atoms with Gasteiger partial charge in [0, 0.05) is 31.9 Å². The highest BCUT2D eigenvalue weighted by atomic mass is 35.5. The molecule has 23 heavy (non-hydrogen) atoms. The predicted molar refractivity (Wildman–Crippen MR) is 86.3 cm³/mol. The van der Waals surface area contributed by atoms with Crippen LogP contribution in [0.4, 0.5) is 26.4 Å².